The Morgan fingerprint density at radius 2 is 1.81 bits per heavy atom. The van der Waals surface area contributed by atoms with Crippen LogP contribution < -0.4 is 5.32 Å². The number of hydrogen-bond donors (Lipinski definition) is 2. The highest BCUT2D eigenvalue weighted by atomic mass is 16.3. The summed E-state index contributed by atoms with van der Waals surface area (Å²) < 4.78 is 0. The van der Waals surface area contributed by atoms with E-state index in [4.69, 9.17) is 0 Å². The van der Waals surface area contributed by atoms with Gasteiger partial charge >= 0.3 is 0 Å². The van der Waals surface area contributed by atoms with Gasteiger partial charge in [-0.05, 0) is 31.6 Å². The average molecular weight is 225 g/mol. The molecule has 0 amide bonds. The fourth-order valence-corrected chi connectivity index (χ4v) is 3.48. The van der Waals surface area contributed by atoms with Crippen molar-refractivity contribution in [3.63, 3.8) is 0 Å². The summed E-state index contributed by atoms with van der Waals surface area (Å²) in [6.07, 6.45) is 10.6. The van der Waals surface area contributed by atoms with Gasteiger partial charge in [0.25, 0.3) is 0 Å². The van der Waals surface area contributed by atoms with E-state index in [-0.39, 0.29) is 5.41 Å². The molecule has 0 heterocycles. The Hall–Kier alpha value is -0.0800. The van der Waals surface area contributed by atoms with Gasteiger partial charge < -0.3 is 10.4 Å². The summed E-state index contributed by atoms with van der Waals surface area (Å²) in [7, 11) is 0. The molecule has 2 unspecified atom stereocenters. The van der Waals surface area contributed by atoms with Gasteiger partial charge in [-0.1, -0.05) is 32.6 Å². The maximum Gasteiger partial charge on any atom is 0.0499 e. The van der Waals surface area contributed by atoms with Crippen LogP contribution in [0.15, 0.2) is 0 Å². The Labute approximate surface area is 99.8 Å². The lowest BCUT2D eigenvalue weighted by molar-refractivity contribution is 0.117. The third-order valence-corrected chi connectivity index (χ3v) is 4.85. The van der Waals surface area contributed by atoms with Crippen molar-refractivity contribution in [1.29, 1.82) is 0 Å². The fraction of sp³-hybridized carbons (Fsp3) is 1.00. The molecule has 2 rings (SSSR count). The van der Waals surface area contributed by atoms with E-state index in [9.17, 15) is 5.11 Å². The zero-order valence-electron chi connectivity index (χ0n) is 10.7. The molecule has 2 heteroatoms. The van der Waals surface area contributed by atoms with Crippen LogP contribution in [0.25, 0.3) is 0 Å². The van der Waals surface area contributed by atoms with E-state index in [1.807, 2.05) is 0 Å². The van der Waals surface area contributed by atoms with Crippen LogP contribution in [0, 0.1) is 11.3 Å². The minimum absolute atomic E-state index is 0.219. The summed E-state index contributed by atoms with van der Waals surface area (Å²) in [5.74, 6) is 0.825. The first-order valence-corrected chi connectivity index (χ1v) is 7.10. The van der Waals surface area contributed by atoms with Crippen molar-refractivity contribution < 1.29 is 5.11 Å². The monoisotopic (exact) mass is 225 g/mol. The van der Waals surface area contributed by atoms with Crippen LogP contribution in [0.5, 0.6) is 0 Å². The first-order chi connectivity index (χ1) is 7.76. The smallest absolute Gasteiger partial charge is 0.0499 e. The van der Waals surface area contributed by atoms with Gasteiger partial charge in [0.2, 0.25) is 0 Å². The van der Waals surface area contributed by atoms with Gasteiger partial charge in [-0.25, -0.2) is 0 Å². The second kappa shape index (κ2) is 5.50. The Morgan fingerprint density at radius 3 is 2.44 bits per heavy atom. The van der Waals surface area contributed by atoms with Crippen molar-refractivity contribution in [3.05, 3.63) is 0 Å². The van der Waals surface area contributed by atoms with Crippen molar-refractivity contribution in [2.75, 3.05) is 13.2 Å². The van der Waals surface area contributed by atoms with Gasteiger partial charge in [0, 0.05) is 24.6 Å². The Kier molecular flexibility index (Phi) is 4.26. The number of aliphatic hydroxyl groups is 1. The molecule has 2 atom stereocenters. The predicted octanol–water partition coefficient (Wildman–Crippen LogP) is 2.71. The number of hydrogen-bond acceptors (Lipinski definition) is 2. The van der Waals surface area contributed by atoms with Crippen molar-refractivity contribution in [2.24, 2.45) is 11.3 Å². The van der Waals surface area contributed by atoms with Crippen molar-refractivity contribution in [1.82, 2.24) is 5.32 Å². The molecule has 0 spiro atoms. The number of aliphatic hydroxyl groups excluding tert-OH is 1. The predicted molar refractivity (Wildman–Crippen MR) is 67.4 cm³/mol. The third-order valence-electron chi connectivity index (χ3n) is 4.85. The zero-order chi connectivity index (χ0) is 11.4. The minimum Gasteiger partial charge on any atom is -0.396 e. The van der Waals surface area contributed by atoms with Crippen LogP contribution in [0.3, 0.4) is 0 Å². The van der Waals surface area contributed by atoms with Crippen molar-refractivity contribution in [2.45, 2.75) is 64.3 Å². The molecule has 2 N–H and O–H groups in total. The van der Waals surface area contributed by atoms with Crippen LogP contribution in [0.4, 0.5) is 0 Å². The lowest BCUT2D eigenvalue weighted by Gasteiger charge is -2.34. The lowest BCUT2D eigenvalue weighted by atomic mass is 9.83. The molecular formula is C14H27NO. The second-order valence-corrected chi connectivity index (χ2v) is 6.11. The third kappa shape index (κ3) is 2.78. The zero-order valence-corrected chi connectivity index (χ0v) is 10.7. The number of nitrogens with one attached hydrogen (secondary N) is 1. The molecular weight excluding hydrogens is 198 g/mol. The van der Waals surface area contributed by atoms with Gasteiger partial charge in [-0.3, -0.25) is 0 Å². The molecule has 0 saturated heterocycles. The van der Waals surface area contributed by atoms with E-state index >= 15 is 0 Å². The highest BCUT2D eigenvalue weighted by Gasteiger charge is 2.34. The molecule has 2 nitrogen and oxygen atoms in total. The standard InChI is InChI=1S/C14H27NO/c1-12-6-2-3-7-13(12)15-10-14(11-16)8-4-5-9-14/h12-13,15-16H,2-11H2,1H3. The highest BCUT2D eigenvalue weighted by Crippen LogP contribution is 2.37. The van der Waals surface area contributed by atoms with Gasteiger partial charge in [-0.2, -0.15) is 0 Å². The van der Waals surface area contributed by atoms with Crippen LogP contribution in [0.2, 0.25) is 0 Å². The van der Waals surface area contributed by atoms with E-state index in [1.165, 1.54) is 51.4 Å². The van der Waals surface area contributed by atoms with E-state index in [0.29, 0.717) is 12.6 Å². The molecule has 94 valence electrons. The summed E-state index contributed by atoms with van der Waals surface area (Å²) in [6, 6.07) is 0.706. The largest absolute Gasteiger partial charge is 0.396 e. The quantitative estimate of drug-likeness (QED) is 0.771. The SMILES string of the molecule is CC1CCCCC1NCC1(CO)CCCC1. The van der Waals surface area contributed by atoms with Crippen LogP contribution >= 0.6 is 0 Å². The fourth-order valence-electron chi connectivity index (χ4n) is 3.48. The molecule has 0 bridgehead atoms. The van der Waals surface area contributed by atoms with Gasteiger partial charge in [-0.15, -0.1) is 0 Å². The first kappa shape index (κ1) is 12.4. The summed E-state index contributed by atoms with van der Waals surface area (Å²) in [5, 5.41) is 13.3. The molecule has 2 aliphatic rings. The van der Waals surface area contributed by atoms with E-state index in [1.54, 1.807) is 0 Å². The topological polar surface area (TPSA) is 32.3 Å². The molecule has 0 aromatic rings. The molecule has 2 aliphatic carbocycles. The molecule has 2 fully saturated rings. The van der Waals surface area contributed by atoms with E-state index in [2.05, 4.69) is 12.2 Å². The molecule has 2 saturated carbocycles. The van der Waals surface area contributed by atoms with Crippen LogP contribution in [-0.4, -0.2) is 24.3 Å². The summed E-state index contributed by atoms with van der Waals surface area (Å²) in [5.41, 5.74) is 0.219. The van der Waals surface area contributed by atoms with Crippen molar-refractivity contribution in [3.8, 4) is 0 Å². The maximum absolute atomic E-state index is 9.57. The molecule has 0 aliphatic heterocycles. The van der Waals surface area contributed by atoms with E-state index < -0.39 is 0 Å². The van der Waals surface area contributed by atoms with Crippen LogP contribution in [0.1, 0.15) is 58.3 Å². The molecule has 16 heavy (non-hydrogen) atoms. The maximum atomic E-state index is 9.57. The normalized spacial score (nSPS) is 34.1. The highest BCUT2D eigenvalue weighted by molar-refractivity contribution is 4.88. The van der Waals surface area contributed by atoms with Gasteiger partial charge in [0.1, 0.15) is 0 Å². The van der Waals surface area contributed by atoms with Crippen LogP contribution in [-0.2, 0) is 0 Å². The Bertz CT molecular complexity index is 211. The Balaban J connectivity index is 1.80. The average Bonchev–Trinajstić information content (AvgIpc) is 2.78. The van der Waals surface area contributed by atoms with Gasteiger partial charge in [0.15, 0.2) is 0 Å². The summed E-state index contributed by atoms with van der Waals surface area (Å²) in [6.45, 7) is 3.79. The summed E-state index contributed by atoms with van der Waals surface area (Å²) >= 11 is 0. The summed E-state index contributed by atoms with van der Waals surface area (Å²) in [4.78, 5) is 0. The molecule has 0 aromatic heterocycles. The van der Waals surface area contributed by atoms with Gasteiger partial charge in [0.05, 0.1) is 0 Å². The minimum atomic E-state index is 0.219. The number of rotatable bonds is 4. The van der Waals surface area contributed by atoms with Crippen molar-refractivity contribution >= 4 is 0 Å². The molecule has 0 radical (unpaired) electrons. The molecule has 0 aromatic carbocycles. The second-order valence-electron chi connectivity index (χ2n) is 6.11. The lowest BCUT2D eigenvalue weighted by Crippen LogP contribution is -2.44. The first-order valence-electron chi connectivity index (χ1n) is 7.10. The Morgan fingerprint density at radius 1 is 1.12 bits per heavy atom. The van der Waals surface area contributed by atoms with E-state index in [0.717, 1.165) is 12.5 Å².